The van der Waals surface area contributed by atoms with Crippen LogP contribution < -0.4 is 5.32 Å². The molecule has 0 bridgehead atoms. The number of nitrogens with one attached hydrogen (secondary N) is 1. The summed E-state index contributed by atoms with van der Waals surface area (Å²) in [7, 11) is 1.66. The number of benzene rings is 2. The second-order valence-corrected chi connectivity index (χ2v) is 6.11. The molecule has 110 valence electrons. The highest BCUT2D eigenvalue weighted by atomic mass is 32.2. The van der Waals surface area contributed by atoms with E-state index in [0.29, 0.717) is 6.61 Å². The Hall–Kier alpha value is -1.78. The maximum atomic E-state index is 12.2. The highest BCUT2D eigenvalue weighted by molar-refractivity contribution is 8.00. The fourth-order valence-corrected chi connectivity index (χ4v) is 2.79. The minimum absolute atomic E-state index is 0.00146. The summed E-state index contributed by atoms with van der Waals surface area (Å²) in [5, 5.41) is 2.79. The van der Waals surface area contributed by atoms with Gasteiger partial charge in [-0.15, -0.1) is 11.8 Å². The van der Waals surface area contributed by atoms with Gasteiger partial charge in [-0.05, 0) is 36.8 Å². The monoisotopic (exact) mass is 301 g/mol. The summed E-state index contributed by atoms with van der Waals surface area (Å²) in [4.78, 5) is 13.3. The second-order valence-electron chi connectivity index (χ2n) is 4.70. The molecule has 2 rings (SSSR count). The van der Waals surface area contributed by atoms with Crippen molar-refractivity contribution < 1.29 is 9.53 Å². The Morgan fingerprint density at radius 3 is 2.67 bits per heavy atom. The third-order valence-corrected chi connectivity index (χ3v) is 4.04. The van der Waals surface area contributed by atoms with Gasteiger partial charge in [0.05, 0.1) is 11.9 Å². The Labute approximate surface area is 129 Å². The van der Waals surface area contributed by atoms with Gasteiger partial charge in [0.25, 0.3) is 0 Å². The molecule has 0 aliphatic heterocycles. The number of carbonyl (C=O) groups excluding carboxylic acids is 1. The summed E-state index contributed by atoms with van der Waals surface area (Å²) in [6.45, 7) is 2.45. The topological polar surface area (TPSA) is 38.3 Å². The molecule has 1 amide bonds. The van der Waals surface area contributed by atoms with Crippen LogP contribution in [0, 0.1) is 0 Å². The first-order valence-electron chi connectivity index (χ1n) is 6.79. The molecular weight excluding hydrogens is 282 g/mol. The van der Waals surface area contributed by atoms with Crippen LogP contribution in [0.25, 0.3) is 0 Å². The zero-order valence-corrected chi connectivity index (χ0v) is 13.0. The molecule has 0 aliphatic rings. The fourth-order valence-electron chi connectivity index (χ4n) is 1.91. The molecule has 0 saturated carbocycles. The van der Waals surface area contributed by atoms with Crippen LogP contribution in [-0.4, -0.2) is 18.3 Å². The molecule has 0 spiro atoms. The maximum Gasteiger partial charge on any atom is 0.237 e. The largest absolute Gasteiger partial charge is 0.380 e. The molecule has 0 unspecified atom stereocenters. The minimum atomic E-state index is -0.154. The average molecular weight is 301 g/mol. The molecule has 0 aromatic heterocycles. The number of ether oxygens (including phenoxy) is 1. The van der Waals surface area contributed by atoms with Crippen LogP contribution in [0.15, 0.2) is 59.5 Å². The van der Waals surface area contributed by atoms with Gasteiger partial charge in [0.15, 0.2) is 0 Å². The van der Waals surface area contributed by atoms with E-state index in [4.69, 9.17) is 4.74 Å². The zero-order chi connectivity index (χ0) is 15.1. The highest BCUT2D eigenvalue weighted by Crippen LogP contribution is 2.23. The average Bonchev–Trinajstić information content (AvgIpc) is 2.49. The number of methoxy groups -OCH3 is 1. The maximum absolute atomic E-state index is 12.2. The molecule has 2 aromatic carbocycles. The number of amides is 1. The lowest BCUT2D eigenvalue weighted by molar-refractivity contribution is -0.115. The summed E-state index contributed by atoms with van der Waals surface area (Å²) in [5.41, 5.74) is 1.84. The van der Waals surface area contributed by atoms with Gasteiger partial charge < -0.3 is 10.1 Å². The first-order valence-corrected chi connectivity index (χ1v) is 7.67. The highest BCUT2D eigenvalue weighted by Gasteiger charge is 2.14. The fraction of sp³-hybridized carbons (Fsp3) is 0.235. The molecule has 1 N–H and O–H groups in total. The molecule has 0 fully saturated rings. The predicted octanol–water partition coefficient (Wildman–Crippen LogP) is 3.95. The molecule has 0 radical (unpaired) electrons. The number of hydrogen-bond donors (Lipinski definition) is 1. The van der Waals surface area contributed by atoms with Gasteiger partial charge in [-0.2, -0.15) is 0 Å². The lowest BCUT2D eigenvalue weighted by atomic mass is 10.2. The Kier molecular flexibility index (Phi) is 5.84. The molecule has 4 heteroatoms. The van der Waals surface area contributed by atoms with Crippen molar-refractivity contribution in [3.05, 3.63) is 60.2 Å². The van der Waals surface area contributed by atoms with Crippen LogP contribution in [0.3, 0.4) is 0 Å². The SMILES string of the molecule is COCc1cccc(NC(=O)[C@@H](C)Sc2ccccc2)c1. The molecule has 0 saturated heterocycles. The third kappa shape index (κ3) is 4.92. The van der Waals surface area contributed by atoms with Gasteiger partial charge >= 0.3 is 0 Å². The molecule has 2 aromatic rings. The summed E-state index contributed by atoms with van der Waals surface area (Å²) in [6.07, 6.45) is 0. The lowest BCUT2D eigenvalue weighted by Gasteiger charge is -2.12. The van der Waals surface area contributed by atoms with Gasteiger partial charge in [-0.1, -0.05) is 30.3 Å². The lowest BCUT2D eigenvalue weighted by Crippen LogP contribution is -2.22. The van der Waals surface area contributed by atoms with Crippen LogP contribution in [0.2, 0.25) is 0 Å². The summed E-state index contributed by atoms with van der Waals surface area (Å²) in [5.74, 6) is -0.00146. The Morgan fingerprint density at radius 2 is 1.95 bits per heavy atom. The van der Waals surface area contributed by atoms with Gasteiger partial charge in [0.2, 0.25) is 5.91 Å². The number of hydrogen-bond acceptors (Lipinski definition) is 3. The molecular formula is C17H19NO2S. The molecule has 21 heavy (non-hydrogen) atoms. The smallest absolute Gasteiger partial charge is 0.237 e. The Balaban J connectivity index is 1.95. The quantitative estimate of drug-likeness (QED) is 0.821. The normalized spacial score (nSPS) is 11.9. The summed E-state index contributed by atoms with van der Waals surface area (Å²) >= 11 is 1.55. The van der Waals surface area contributed by atoms with Crippen LogP contribution in [0.1, 0.15) is 12.5 Å². The van der Waals surface area contributed by atoms with Crippen molar-refractivity contribution in [2.45, 2.75) is 23.7 Å². The van der Waals surface area contributed by atoms with Gasteiger partial charge in [0.1, 0.15) is 0 Å². The van der Waals surface area contributed by atoms with E-state index in [-0.39, 0.29) is 11.2 Å². The van der Waals surface area contributed by atoms with E-state index in [1.54, 1.807) is 18.9 Å². The van der Waals surface area contributed by atoms with Gasteiger partial charge in [-0.25, -0.2) is 0 Å². The molecule has 0 heterocycles. The number of rotatable bonds is 6. The van der Waals surface area contributed by atoms with E-state index < -0.39 is 0 Å². The molecule has 3 nitrogen and oxygen atoms in total. The van der Waals surface area contributed by atoms with Crippen molar-refractivity contribution in [2.24, 2.45) is 0 Å². The van der Waals surface area contributed by atoms with Crippen LogP contribution in [0.4, 0.5) is 5.69 Å². The van der Waals surface area contributed by atoms with E-state index in [0.717, 1.165) is 16.1 Å². The van der Waals surface area contributed by atoms with Crippen molar-refractivity contribution in [1.29, 1.82) is 0 Å². The van der Waals surface area contributed by atoms with Gasteiger partial charge in [0, 0.05) is 17.7 Å². The number of thioether (sulfide) groups is 1. The minimum Gasteiger partial charge on any atom is -0.380 e. The van der Waals surface area contributed by atoms with Crippen molar-refractivity contribution in [3.63, 3.8) is 0 Å². The summed E-state index contributed by atoms with van der Waals surface area (Å²) in [6, 6.07) is 17.6. The number of carbonyl (C=O) groups is 1. The molecule has 0 aliphatic carbocycles. The van der Waals surface area contributed by atoms with Crippen molar-refractivity contribution in [3.8, 4) is 0 Å². The standard InChI is InChI=1S/C17H19NO2S/c1-13(21-16-9-4-3-5-10-16)17(19)18-15-8-6-7-14(11-15)12-20-2/h3-11,13H,12H2,1-2H3,(H,18,19)/t13-/m1/s1. The van der Waals surface area contributed by atoms with Crippen molar-refractivity contribution in [1.82, 2.24) is 0 Å². The van der Waals surface area contributed by atoms with E-state index in [9.17, 15) is 4.79 Å². The predicted molar refractivity (Wildman–Crippen MR) is 87.5 cm³/mol. The van der Waals surface area contributed by atoms with Crippen LogP contribution in [0.5, 0.6) is 0 Å². The van der Waals surface area contributed by atoms with E-state index >= 15 is 0 Å². The van der Waals surface area contributed by atoms with Crippen LogP contribution >= 0.6 is 11.8 Å². The third-order valence-electron chi connectivity index (χ3n) is 2.93. The Bertz CT molecular complexity index is 586. The van der Waals surface area contributed by atoms with E-state index in [1.165, 1.54) is 0 Å². The van der Waals surface area contributed by atoms with Crippen molar-refractivity contribution >= 4 is 23.4 Å². The zero-order valence-electron chi connectivity index (χ0n) is 12.2. The number of anilines is 1. The molecule has 1 atom stereocenters. The Morgan fingerprint density at radius 1 is 1.19 bits per heavy atom. The summed E-state index contributed by atoms with van der Waals surface area (Å²) < 4.78 is 5.10. The van der Waals surface area contributed by atoms with Crippen molar-refractivity contribution in [2.75, 3.05) is 12.4 Å². The first kappa shape index (κ1) is 15.6. The van der Waals surface area contributed by atoms with Gasteiger partial charge in [-0.3, -0.25) is 4.79 Å². The van der Waals surface area contributed by atoms with E-state index in [1.807, 2.05) is 61.5 Å². The first-order chi connectivity index (χ1) is 10.2. The van der Waals surface area contributed by atoms with E-state index in [2.05, 4.69) is 5.32 Å². The second kappa shape index (κ2) is 7.86. The van der Waals surface area contributed by atoms with Crippen LogP contribution in [-0.2, 0) is 16.1 Å².